The van der Waals surface area contributed by atoms with Crippen molar-refractivity contribution in [2.45, 2.75) is 35.4 Å². The summed E-state index contributed by atoms with van der Waals surface area (Å²) in [5.41, 5.74) is 0.796. The Balaban J connectivity index is 1.66. The molecule has 0 aromatic heterocycles. The number of aliphatic carboxylic acids is 1. The number of para-hydroxylation sites is 1. The summed E-state index contributed by atoms with van der Waals surface area (Å²) in [6.07, 6.45) is 2.11. The van der Waals surface area contributed by atoms with Crippen LogP contribution < -0.4 is 4.90 Å². The topological polar surface area (TPSA) is 77.9 Å². The predicted molar refractivity (Wildman–Crippen MR) is 88.7 cm³/mol. The zero-order chi connectivity index (χ0) is 16.9. The Kier molecular flexibility index (Phi) is 3.56. The van der Waals surface area contributed by atoms with Crippen LogP contribution in [0.4, 0.5) is 5.69 Å². The normalized spacial score (nSPS) is 28.7. The Hall–Kier alpha value is -2.02. The summed E-state index contributed by atoms with van der Waals surface area (Å²) in [4.78, 5) is 40.3. The van der Waals surface area contributed by atoms with Gasteiger partial charge < -0.3 is 10.0 Å². The lowest BCUT2D eigenvalue weighted by atomic mass is 9.97. The summed E-state index contributed by atoms with van der Waals surface area (Å²) >= 11 is 1.44. The van der Waals surface area contributed by atoms with E-state index in [2.05, 4.69) is 0 Å². The van der Waals surface area contributed by atoms with E-state index in [1.807, 2.05) is 24.3 Å². The molecule has 4 rings (SSSR count). The lowest BCUT2D eigenvalue weighted by Crippen LogP contribution is -2.56. The number of likely N-dealkylation sites (tertiary alicyclic amines) is 1. The van der Waals surface area contributed by atoms with Gasteiger partial charge in [0.15, 0.2) is 4.87 Å². The highest BCUT2D eigenvalue weighted by Gasteiger charge is 2.58. The Bertz CT molecular complexity index is 737. The van der Waals surface area contributed by atoms with Crippen LogP contribution >= 0.6 is 11.8 Å². The smallest absolute Gasteiger partial charge is 0.308 e. The zero-order valence-corrected chi connectivity index (χ0v) is 13.9. The van der Waals surface area contributed by atoms with Crippen molar-refractivity contribution in [3.63, 3.8) is 0 Å². The number of fused-ring (bicyclic) bond motifs is 3. The number of carboxylic acids is 1. The number of piperidine rings is 1. The lowest BCUT2D eigenvalue weighted by Gasteiger charge is -2.38. The van der Waals surface area contributed by atoms with Gasteiger partial charge in [0.1, 0.15) is 0 Å². The van der Waals surface area contributed by atoms with Gasteiger partial charge in [-0.25, -0.2) is 0 Å². The van der Waals surface area contributed by atoms with Gasteiger partial charge in [0.2, 0.25) is 5.91 Å². The van der Waals surface area contributed by atoms with E-state index < -0.39 is 16.8 Å². The Labute approximate surface area is 143 Å². The maximum atomic E-state index is 13.3. The number of anilines is 1. The Morgan fingerprint density at radius 3 is 2.88 bits per heavy atom. The maximum Gasteiger partial charge on any atom is 0.308 e. The molecule has 2 saturated heterocycles. The monoisotopic (exact) mass is 346 g/mol. The van der Waals surface area contributed by atoms with Gasteiger partial charge in [-0.05, 0) is 31.4 Å². The number of hydrogen-bond donors (Lipinski definition) is 1. The molecule has 3 aliphatic heterocycles. The third-order valence-corrected chi connectivity index (χ3v) is 6.53. The fourth-order valence-electron chi connectivity index (χ4n) is 3.89. The molecule has 6 nitrogen and oxygen atoms in total. The molecular weight excluding hydrogens is 328 g/mol. The molecule has 2 unspecified atom stereocenters. The molecule has 3 heterocycles. The van der Waals surface area contributed by atoms with Gasteiger partial charge in [-0.3, -0.25) is 19.3 Å². The van der Waals surface area contributed by atoms with Crippen molar-refractivity contribution in [3.8, 4) is 0 Å². The fourth-order valence-corrected chi connectivity index (χ4v) is 5.38. The molecule has 1 aromatic carbocycles. The van der Waals surface area contributed by atoms with Crippen molar-refractivity contribution >= 4 is 35.2 Å². The third-order valence-electron chi connectivity index (χ3n) is 5.07. The second kappa shape index (κ2) is 5.51. The number of amides is 2. The van der Waals surface area contributed by atoms with Crippen LogP contribution in [0.1, 0.15) is 25.7 Å². The number of nitrogens with zero attached hydrogens (tertiary/aromatic N) is 2. The highest BCUT2D eigenvalue weighted by Crippen LogP contribution is 2.56. The molecule has 2 fully saturated rings. The quantitative estimate of drug-likeness (QED) is 0.885. The third kappa shape index (κ3) is 2.14. The molecule has 2 amide bonds. The first-order valence-electron chi connectivity index (χ1n) is 8.16. The van der Waals surface area contributed by atoms with Crippen molar-refractivity contribution in [1.29, 1.82) is 0 Å². The van der Waals surface area contributed by atoms with E-state index >= 15 is 0 Å². The minimum atomic E-state index is -0.929. The molecule has 0 radical (unpaired) electrons. The summed E-state index contributed by atoms with van der Waals surface area (Å²) in [5.74, 6) is -1.53. The zero-order valence-electron chi connectivity index (χ0n) is 13.1. The van der Waals surface area contributed by atoms with Crippen molar-refractivity contribution in [2.75, 3.05) is 18.0 Å². The molecule has 24 heavy (non-hydrogen) atoms. The molecule has 1 aromatic rings. The van der Waals surface area contributed by atoms with Crippen molar-refractivity contribution in [1.82, 2.24) is 4.90 Å². The highest BCUT2D eigenvalue weighted by atomic mass is 32.2. The van der Waals surface area contributed by atoms with Crippen LogP contribution in [0.3, 0.4) is 0 Å². The number of carbonyl (C=O) groups excluding carboxylic acids is 2. The predicted octanol–water partition coefficient (Wildman–Crippen LogP) is 1.94. The van der Waals surface area contributed by atoms with Gasteiger partial charge >= 0.3 is 5.97 Å². The standard InChI is InChI=1S/C17H18N2O4S/c20-14-7-8-17(19(14)12-5-1-2-6-13(12)24-17)16(23)18-9-3-4-11(10-18)15(21)22/h1-2,5-6,11H,3-4,7-10H2,(H,21,22). The molecule has 1 N–H and O–H groups in total. The first-order chi connectivity index (χ1) is 11.5. The summed E-state index contributed by atoms with van der Waals surface area (Å²) in [6.45, 7) is 0.790. The molecule has 7 heteroatoms. The summed E-state index contributed by atoms with van der Waals surface area (Å²) < 4.78 is 0. The van der Waals surface area contributed by atoms with Crippen molar-refractivity contribution in [2.24, 2.45) is 5.92 Å². The van der Waals surface area contributed by atoms with E-state index in [0.717, 1.165) is 10.6 Å². The fraction of sp³-hybridized carbons (Fsp3) is 0.471. The summed E-state index contributed by atoms with van der Waals surface area (Å²) in [5, 5.41) is 9.27. The van der Waals surface area contributed by atoms with Gasteiger partial charge in [0.25, 0.3) is 5.91 Å². The molecule has 126 valence electrons. The SMILES string of the molecule is O=C(O)C1CCCN(C(=O)C23CCC(=O)N2c2ccccc2S3)C1. The van der Waals surface area contributed by atoms with Crippen LogP contribution in [0.25, 0.3) is 0 Å². The van der Waals surface area contributed by atoms with E-state index in [9.17, 15) is 19.5 Å². The number of carboxylic acid groups (broad SMARTS) is 1. The van der Waals surface area contributed by atoms with Gasteiger partial charge in [-0.15, -0.1) is 0 Å². The number of rotatable bonds is 2. The average Bonchev–Trinajstić information content (AvgIpc) is 3.10. The van der Waals surface area contributed by atoms with Gasteiger partial charge in [0, 0.05) is 24.4 Å². The number of hydrogen-bond acceptors (Lipinski definition) is 4. The summed E-state index contributed by atoms with van der Waals surface area (Å²) in [6, 6.07) is 7.57. The second-order valence-corrected chi connectivity index (χ2v) is 7.83. The van der Waals surface area contributed by atoms with Crippen molar-refractivity contribution < 1.29 is 19.5 Å². The largest absolute Gasteiger partial charge is 0.481 e. The molecule has 0 spiro atoms. The van der Waals surface area contributed by atoms with E-state index in [-0.39, 0.29) is 18.4 Å². The molecule has 0 bridgehead atoms. The Morgan fingerprint density at radius 2 is 2.08 bits per heavy atom. The molecular formula is C17H18N2O4S. The number of thioether (sulfide) groups is 1. The Morgan fingerprint density at radius 1 is 1.29 bits per heavy atom. The van der Waals surface area contributed by atoms with Crippen LogP contribution in [0.15, 0.2) is 29.2 Å². The van der Waals surface area contributed by atoms with Crippen LogP contribution in [-0.2, 0) is 14.4 Å². The van der Waals surface area contributed by atoms with Crippen LogP contribution in [-0.4, -0.2) is 45.8 Å². The first kappa shape index (κ1) is 15.5. The number of carbonyl (C=O) groups is 3. The van der Waals surface area contributed by atoms with Crippen LogP contribution in [0.5, 0.6) is 0 Å². The average molecular weight is 346 g/mol. The number of benzene rings is 1. The van der Waals surface area contributed by atoms with Crippen molar-refractivity contribution in [3.05, 3.63) is 24.3 Å². The summed E-state index contributed by atoms with van der Waals surface area (Å²) in [7, 11) is 0. The first-order valence-corrected chi connectivity index (χ1v) is 8.98. The molecule has 0 saturated carbocycles. The molecule has 0 aliphatic carbocycles. The van der Waals surface area contributed by atoms with E-state index in [1.165, 1.54) is 11.8 Å². The molecule has 2 atom stereocenters. The van der Waals surface area contributed by atoms with Gasteiger partial charge in [0.05, 0.1) is 11.6 Å². The minimum absolute atomic E-state index is 0.0346. The van der Waals surface area contributed by atoms with Crippen LogP contribution in [0, 0.1) is 5.92 Å². The molecule has 3 aliphatic rings. The lowest BCUT2D eigenvalue weighted by molar-refractivity contribution is -0.146. The van der Waals surface area contributed by atoms with E-state index in [1.54, 1.807) is 9.80 Å². The van der Waals surface area contributed by atoms with E-state index in [4.69, 9.17) is 0 Å². The van der Waals surface area contributed by atoms with Gasteiger partial charge in [-0.2, -0.15) is 0 Å². The van der Waals surface area contributed by atoms with Gasteiger partial charge in [-0.1, -0.05) is 23.9 Å². The highest BCUT2D eigenvalue weighted by molar-refractivity contribution is 8.02. The van der Waals surface area contributed by atoms with Crippen LogP contribution in [0.2, 0.25) is 0 Å². The maximum absolute atomic E-state index is 13.3. The second-order valence-electron chi connectivity index (χ2n) is 6.51. The minimum Gasteiger partial charge on any atom is -0.481 e. The van der Waals surface area contributed by atoms with E-state index in [0.29, 0.717) is 32.2 Å².